The number of hydrogen-bond acceptors (Lipinski definition) is 2. The van der Waals surface area contributed by atoms with Gasteiger partial charge in [0.1, 0.15) is 11.2 Å². The van der Waals surface area contributed by atoms with E-state index in [-0.39, 0.29) is 5.41 Å². The summed E-state index contributed by atoms with van der Waals surface area (Å²) in [5, 5.41) is 7.10. The molecular weight excluding hydrogens is 595 g/mol. The predicted octanol–water partition coefficient (Wildman–Crippen LogP) is 13.3. The average Bonchev–Trinajstić information content (AvgIpc) is 3.62. The first-order valence-electron chi connectivity index (χ1n) is 17.0. The molecule has 1 heterocycles. The van der Waals surface area contributed by atoms with Gasteiger partial charge >= 0.3 is 0 Å². The van der Waals surface area contributed by atoms with Gasteiger partial charge in [-0.25, -0.2) is 0 Å². The normalized spacial score (nSPS) is 13.3. The molecule has 0 bridgehead atoms. The van der Waals surface area contributed by atoms with Crippen LogP contribution in [-0.4, -0.2) is 0 Å². The Labute approximate surface area is 285 Å². The van der Waals surface area contributed by atoms with Crippen molar-refractivity contribution in [1.82, 2.24) is 0 Å². The van der Waals surface area contributed by atoms with Crippen LogP contribution in [0.1, 0.15) is 25.0 Å². The van der Waals surface area contributed by atoms with Gasteiger partial charge in [-0.15, -0.1) is 0 Å². The highest BCUT2D eigenvalue weighted by Crippen LogP contribution is 2.51. The molecule has 232 valence electrons. The molecule has 1 aromatic heterocycles. The summed E-state index contributed by atoms with van der Waals surface area (Å²) in [5.41, 5.74) is 12.7. The van der Waals surface area contributed by atoms with Crippen LogP contribution >= 0.6 is 0 Å². The molecule has 0 unspecified atom stereocenters. The molecule has 0 atom stereocenters. The molecule has 2 heteroatoms. The van der Waals surface area contributed by atoms with E-state index < -0.39 is 0 Å². The zero-order valence-corrected chi connectivity index (χ0v) is 27.4. The maximum Gasteiger partial charge on any atom is 0.143 e. The number of rotatable bonds is 4. The predicted molar refractivity (Wildman–Crippen MR) is 206 cm³/mol. The third-order valence-electron chi connectivity index (χ3n) is 10.6. The summed E-state index contributed by atoms with van der Waals surface area (Å²) in [6.45, 7) is 4.68. The molecule has 1 aliphatic rings. The summed E-state index contributed by atoms with van der Waals surface area (Å²) >= 11 is 0. The lowest BCUT2D eigenvalue weighted by molar-refractivity contribution is 0.660. The molecule has 0 radical (unpaired) electrons. The molecule has 10 rings (SSSR count). The zero-order valence-electron chi connectivity index (χ0n) is 27.4. The van der Waals surface area contributed by atoms with Crippen LogP contribution in [-0.2, 0) is 5.41 Å². The van der Waals surface area contributed by atoms with Gasteiger partial charge in [-0.3, -0.25) is 0 Å². The van der Waals surface area contributed by atoms with Gasteiger partial charge in [-0.05, 0) is 97.9 Å². The van der Waals surface area contributed by atoms with Gasteiger partial charge < -0.3 is 9.32 Å². The minimum Gasteiger partial charge on any atom is -0.455 e. The van der Waals surface area contributed by atoms with Gasteiger partial charge in [0.2, 0.25) is 0 Å². The van der Waals surface area contributed by atoms with Crippen molar-refractivity contribution in [1.29, 1.82) is 0 Å². The van der Waals surface area contributed by atoms with Gasteiger partial charge in [-0.1, -0.05) is 123 Å². The maximum absolute atomic E-state index is 6.94. The van der Waals surface area contributed by atoms with E-state index in [2.05, 4.69) is 183 Å². The largest absolute Gasteiger partial charge is 0.455 e. The van der Waals surface area contributed by atoms with Gasteiger partial charge in [0.15, 0.2) is 0 Å². The molecule has 49 heavy (non-hydrogen) atoms. The summed E-state index contributed by atoms with van der Waals surface area (Å²) in [6.07, 6.45) is 0. The topological polar surface area (TPSA) is 16.4 Å². The van der Waals surface area contributed by atoms with Crippen LogP contribution in [0, 0.1) is 0 Å². The van der Waals surface area contributed by atoms with Crippen LogP contribution in [0.15, 0.2) is 168 Å². The van der Waals surface area contributed by atoms with E-state index in [0.29, 0.717) is 0 Å². The summed E-state index contributed by atoms with van der Waals surface area (Å²) < 4.78 is 6.94. The second kappa shape index (κ2) is 10.4. The Morgan fingerprint density at radius 3 is 2.02 bits per heavy atom. The fraction of sp³-hybridized carbons (Fsp3) is 0.0638. The van der Waals surface area contributed by atoms with E-state index in [9.17, 15) is 0 Å². The van der Waals surface area contributed by atoms with Gasteiger partial charge in [0.05, 0.1) is 0 Å². The second-order valence-corrected chi connectivity index (χ2v) is 13.8. The minimum absolute atomic E-state index is 0.0891. The average molecular weight is 628 g/mol. The van der Waals surface area contributed by atoms with Crippen molar-refractivity contribution in [2.24, 2.45) is 0 Å². The monoisotopic (exact) mass is 627 g/mol. The first-order chi connectivity index (χ1) is 24.0. The van der Waals surface area contributed by atoms with Gasteiger partial charge in [0, 0.05) is 44.9 Å². The Bertz CT molecular complexity index is 2750. The highest BCUT2D eigenvalue weighted by molar-refractivity contribution is 6.19. The Morgan fingerprint density at radius 1 is 0.449 bits per heavy atom. The Kier molecular flexibility index (Phi) is 5.95. The summed E-state index contributed by atoms with van der Waals surface area (Å²) in [4.78, 5) is 2.35. The standard InChI is InChI=1S/C47H33NO/c1-47(2)42-19-11-10-18-38(42)39-24-22-35(28-43(39)47)48(34-15-4-3-5-16-34)36-23-25-40-41-27-32-14-8-9-17-37(32)45(46(41)49-44(40)29-36)33-21-20-30-12-6-7-13-31(30)26-33/h3-29H,1-2H3. The molecule has 8 aromatic carbocycles. The SMILES string of the molecule is CC1(C)c2ccccc2-c2ccc(N(c3ccccc3)c3ccc4c(c3)oc3c(-c5ccc6ccccc6c5)c5ccccc5cc34)cc21. The molecule has 0 saturated heterocycles. The van der Waals surface area contributed by atoms with Crippen molar-refractivity contribution in [3.63, 3.8) is 0 Å². The van der Waals surface area contributed by atoms with Crippen LogP contribution < -0.4 is 4.90 Å². The molecule has 0 N–H and O–H groups in total. The van der Waals surface area contributed by atoms with Crippen LogP contribution in [0.5, 0.6) is 0 Å². The molecular formula is C47H33NO. The van der Waals surface area contributed by atoms with E-state index >= 15 is 0 Å². The van der Waals surface area contributed by atoms with Crippen molar-refractivity contribution in [2.75, 3.05) is 4.90 Å². The Hall–Kier alpha value is -6.12. The lowest BCUT2D eigenvalue weighted by atomic mass is 9.82. The fourth-order valence-electron chi connectivity index (χ4n) is 8.19. The fourth-order valence-corrected chi connectivity index (χ4v) is 8.19. The van der Waals surface area contributed by atoms with Crippen LogP contribution in [0.2, 0.25) is 0 Å². The summed E-state index contributed by atoms with van der Waals surface area (Å²) in [7, 11) is 0. The second-order valence-electron chi connectivity index (χ2n) is 13.8. The molecule has 0 aliphatic heterocycles. The summed E-state index contributed by atoms with van der Waals surface area (Å²) in [6, 6.07) is 59.3. The van der Waals surface area contributed by atoms with E-state index in [1.807, 2.05) is 0 Å². The lowest BCUT2D eigenvalue weighted by Crippen LogP contribution is -2.16. The highest BCUT2D eigenvalue weighted by atomic mass is 16.3. The van der Waals surface area contributed by atoms with Crippen molar-refractivity contribution >= 4 is 60.5 Å². The number of furan rings is 1. The van der Waals surface area contributed by atoms with Gasteiger partial charge in [-0.2, -0.15) is 0 Å². The van der Waals surface area contributed by atoms with Crippen LogP contribution in [0.4, 0.5) is 17.1 Å². The van der Waals surface area contributed by atoms with Crippen LogP contribution in [0.3, 0.4) is 0 Å². The van der Waals surface area contributed by atoms with E-state index in [4.69, 9.17) is 4.42 Å². The Morgan fingerprint density at radius 2 is 1.14 bits per heavy atom. The van der Waals surface area contributed by atoms with Gasteiger partial charge in [0.25, 0.3) is 0 Å². The third kappa shape index (κ3) is 4.20. The molecule has 2 nitrogen and oxygen atoms in total. The highest BCUT2D eigenvalue weighted by Gasteiger charge is 2.35. The first-order valence-corrected chi connectivity index (χ1v) is 17.0. The number of fused-ring (bicyclic) bond motifs is 8. The van der Waals surface area contributed by atoms with Crippen molar-refractivity contribution in [3.05, 3.63) is 175 Å². The quantitative estimate of drug-likeness (QED) is 0.193. The molecule has 9 aromatic rings. The zero-order chi connectivity index (χ0) is 32.7. The minimum atomic E-state index is -0.0891. The van der Waals surface area contributed by atoms with Crippen molar-refractivity contribution in [2.45, 2.75) is 19.3 Å². The maximum atomic E-state index is 6.94. The number of nitrogens with zero attached hydrogens (tertiary/aromatic N) is 1. The van der Waals surface area contributed by atoms with Crippen molar-refractivity contribution < 1.29 is 4.42 Å². The Balaban J connectivity index is 1.18. The van der Waals surface area contributed by atoms with E-state index in [1.165, 1.54) is 43.8 Å². The van der Waals surface area contributed by atoms with E-state index in [0.717, 1.165) is 50.1 Å². The first kappa shape index (κ1) is 27.9. The van der Waals surface area contributed by atoms with Crippen LogP contribution in [0.25, 0.3) is 65.7 Å². The number of benzene rings is 8. The summed E-state index contributed by atoms with van der Waals surface area (Å²) in [5.74, 6) is 0. The smallest absolute Gasteiger partial charge is 0.143 e. The third-order valence-corrected chi connectivity index (χ3v) is 10.6. The van der Waals surface area contributed by atoms with Crippen molar-refractivity contribution in [3.8, 4) is 22.3 Å². The molecule has 0 amide bonds. The number of para-hydroxylation sites is 1. The molecule has 0 fully saturated rings. The number of anilines is 3. The number of hydrogen-bond donors (Lipinski definition) is 0. The van der Waals surface area contributed by atoms with E-state index in [1.54, 1.807) is 0 Å². The molecule has 0 saturated carbocycles. The molecule has 1 aliphatic carbocycles. The molecule has 0 spiro atoms. The lowest BCUT2D eigenvalue weighted by Gasteiger charge is -2.28.